The molecule has 0 radical (unpaired) electrons. The molecule has 194 valence electrons. The van der Waals surface area contributed by atoms with Gasteiger partial charge in [0.15, 0.2) is 11.5 Å². The molecule has 36 heavy (non-hydrogen) atoms. The number of methoxy groups -OCH3 is 3. The molecule has 0 amide bonds. The van der Waals surface area contributed by atoms with Gasteiger partial charge in [0.25, 0.3) is 0 Å². The van der Waals surface area contributed by atoms with Gasteiger partial charge in [-0.1, -0.05) is 18.2 Å². The average molecular weight is 513 g/mol. The van der Waals surface area contributed by atoms with Crippen molar-refractivity contribution in [2.75, 3.05) is 45.9 Å². The molecule has 1 N–H and O–H groups in total. The van der Waals surface area contributed by atoms with Gasteiger partial charge in [-0.3, -0.25) is 0 Å². The first-order chi connectivity index (χ1) is 17.2. The molecule has 0 saturated carbocycles. The second-order valence-electron chi connectivity index (χ2n) is 8.65. The van der Waals surface area contributed by atoms with Crippen LogP contribution in [0.5, 0.6) is 23.0 Å². The third-order valence-corrected chi connectivity index (χ3v) is 6.51. The van der Waals surface area contributed by atoms with Crippen LogP contribution in [0.4, 0.5) is 5.69 Å². The summed E-state index contributed by atoms with van der Waals surface area (Å²) in [4.78, 5) is 2.53. The highest BCUT2D eigenvalue weighted by atomic mass is 35.5. The molecule has 1 aliphatic rings. The number of rotatable bonds is 10. The maximum absolute atomic E-state index is 5.67. The van der Waals surface area contributed by atoms with Crippen LogP contribution in [0.1, 0.15) is 25.3 Å². The quantitative estimate of drug-likeness (QED) is 0.362. The van der Waals surface area contributed by atoms with Gasteiger partial charge >= 0.3 is 0 Å². The van der Waals surface area contributed by atoms with E-state index in [0.29, 0.717) is 29.9 Å². The fraction of sp³-hybridized carbons (Fsp3) is 0.379. The number of hydrogen-bond acceptors (Lipinski definition) is 6. The van der Waals surface area contributed by atoms with E-state index in [-0.39, 0.29) is 12.4 Å². The van der Waals surface area contributed by atoms with Crippen molar-refractivity contribution < 1.29 is 18.9 Å². The number of hydrogen-bond donors (Lipinski definition) is 1. The Hall–Kier alpha value is -3.09. The van der Waals surface area contributed by atoms with E-state index in [4.69, 9.17) is 18.9 Å². The van der Waals surface area contributed by atoms with E-state index in [1.165, 1.54) is 11.3 Å². The number of nitrogens with zero attached hydrogens (tertiary/aromatic N) is 1. The lowest BCUT2D eigenvalue weighted by Crippen LogP contribution is -2.43. The number of halogens is 1. The van der Waals surface area contributed by atoms with Crippen LogP contribution >= 0.6 is 12.4 Å². The minimum Gasteiger partial charge on any atom is -0.494 e. The molecule has 6 nitrogen and oxygen atoms in total. The zero-order chi connectivity index (χ0) is 24.6. The van der Waals surface area contributed by atoms with E-state index < -0.39 is 0 Å². The van der Waals surface area contributed by atoms with E-state index in [2.05, 4.69) is 58.7 Å². The zero-order valence-electron chi connectivity index (χ0n) is 21.6. The zero-order valence-corrected chi connectivity index (χ0v) is 22.4. The van der Waals surface area contributed by atoms with Gasteiger partial charge < -0.3 is 29.2 Å². The Labute approximate surface area is 220 Å². The second-order valence-corrected chi connectivity index (χ2v) is 8.65. The Balaban J connectivity index is 0.00000361. The van der Waals surface area contributed by atoms with Gasteiger partial charge in [0.1, 0.15) is 5.75 Å². The molecule has 3 aromatic rings. The number of anilines is 1. The molecule has 0 aromatic heterocycles. The Bertz CT molecular complexity index is 1080. The van der Waals surface area contributed by atoms with Gasteiger partial charge in [0.05, 0.1) is 27.9 Å². The highest BCUT2D eigenvalue weighted by Gasteiger charge is 2.22. The van der Waals surface area contributed by atoms with Crippen molar-refractivity contribution in [3.8, 4) is 34.1 Å². The molecule has 0 aliphatic carbocycles. The average Bonchev–Trinajstić information content (AvgIpc) is 2.92. The largest absolute Gasteiger partial charge is 0.494 e. The fourth-order valence-electron chi connectivity index (χ4n) is 4.74. The molecule has 3 aromatic carbocycles. The van der Waals surface area contributed by atoms with Crippen molar-refractivity contribution in [2.45, 2.75) is 32.4 Å². The Kier molecular flexibility index (Phi) is 10.1. The van der Waals surface area contributed by atoms with Gasteiger partial charge in [-0.05, 0) is 92.0 Å². The molecule has 4 rings (SSSR count). The predicted octanol–water partition coefficient (Wildman–Crippen LogP) is 5.96. The van der Waals surface area contributed by atoms with E-state index >= 15 is 0 Å². The lowest BCUT2D eigenvalue weighted by Gasteiger charge is -2.36. The molecule has 0 atom stereocenters. The first-order valence-electron chi connectivity index (χ1n) is 12.3. The first-order valence-corrected chi connectivity index (χ1v) is 12.3. The van der Waals surface area contributed by atoms with Crippen LogP contribution in [-0.2, 0) is 6.54 Å². The molecule has 1 saturated heterocycles. The molecule has 0 spiro atoms. The summed E-state index contributed by atoms with van der Waals surface area (Å²) in [6, 6.07) is 21.7. The van der Waals surface area contributed by atoms with Gasteiger partial charge in [-0.25, -0.2) is 0 Å². The number of ether oxygens (including phenoxy) is 4. The topological polar surface area (TPSA) is 52.2 Å². The SMILES string of the molecule is CCOc1ccc(N(Cc2cccc(-c3cc(OC)c(OC)c(OC)c3)c2)C2CCNCC2)cc1.Cl. The Morgan fingerprint density at radius 2 is 1.50 bits per heavy atom. The minimum absolute atomic E-state index is 0. The van der Waals surface area contributed by atoms with Crippen LogP contribution in [0.3, 0.4) is 0 Å². The third kappa shape index (κ3) is 6.37. The number of nitrogens with one attached hydrogen (secondary N) is 1. The lowest BCUT2D eigenvalue weighted by atomic mass is 9.99. The van der Waals surface area contributed by atoms with Crippen LogP contribution in [0.15, 0.2) is 60.7 Å². The Morgan fingerprint density at radius 1 is 0.833 bits per heavy atom. The minimum atomic E-state index is 0. The van der Waals surface area contributed by atoms with Gasteiger partial charge in [-0.2, -0.15) is 0 Å². The van der Waals surface area contributed by atoms with E-state index in [0.717, 1.165) is 49.4 Å². The molecule has 1 aliphatic heterocycles. The maximum Gasteiger partial charge on any atom is 0.203 e. The van der Waals surface area contributed by atoms with Crippen molar-refractivity contribution in [1.82, 2.24) is 5.32 Å². The number of piperidine rings is 1. The lowest BCUT2D eigenvalue weighted by molar-refractivity contribution is 0.324. The predicted molar refractivity (Wildman–Crippen MR) is 148 cm³/mol. The normalized spacial score (nSPS) is 13.4. The van der Waals surface area contributed by atoms with Crippen molar-refractivity contribution in [2.24, 2.45) is 0 Å². The highest BCUT2D eigenvalue weighted by Crippen LogP contribution is 2.41. The van der Waals surface area contributed by atoms with Crippen LogP contribution < -0.4 is 29.2 Å². The summed E-state index contributed by atoms with van der Waals surface area (Å²) < 4.78 is 22.3. The van der Waals surface area contributed by atoms with E-state index in [1.807, 2.05) is 19.1 Å². The monoisotopic (exact) mass is 512 g/mol. The Morgan fingerprint density at radius 3 is 2.08 bits per heavy atom. The summed E-state index contributed by atoms with van der Waals surface area (Å²) in [5.74, 6) is 2.81. The summed E-state index contributed by atoms with van der Waals surface area (Å²) in [5, 5.41) is 3.49. The molecule has 7 heteroatoms. The molecule has 0 unspecified atom stereocenters. The van der Waals surface area contributed by atoms with Crippen molar-refractivity contribution >= 4 is 18.1 Å². The highest BCUT2D eigenvalue weighted by molar-refractivity contribution is 5.85. The molecule has 1 heterocycles. The summed E-state index contributed by atoms with van der Waals surface area (Å²) in [6.45, 7) is 5.60. The van der Waals surface area contributed by atoms with Crippen LogP contribution in [0.2, 0.25) is 0 Å². The standard InChI is InChI=1S/C29H36N2O4.ClH/c1-5-35-26-11-9-24(10-12-26)31(25-13-15-30-16-14-25)20-21-7-6-8-22(17-21)23-18-27(32-2)29(34-4)28(19-23)33-3;/h6-12,17-19,25,30H,5,13-16,20H2,1-4H3;1H. The second kappa shape index (κ2) is 13.3. The van der Waals surface area contributed by atoms with Crippen molar-refractivity contribution in [3.05, 3.63) is 66.2 Å². The summed E-state index contributed by atoms with van der Waals surface area (Å²) in [7, 11) is 4.91. The van der Waals surface area contributed by atoms with E-state index in [1.54, 1.807) is 21.3 Å². The molecule has 0 bridgehead atoms. The smallest absolute Gasteiger partial charge is 0.203 e. The van der Waals surface area contributed by atoms with Crippen molar-refractivity contribution in [1.29, 1.82) is 0 Å². The third-order valence-electron chi connectivity index (χ3n) is 6.51. The van der Waals surface area contributed by atoms with E-state index in [9.17, 15) is 0 Å². The van der Waals surface area contributed by atoms with Gasteiger partial charge in [0.2, 0.25) is 5.75 Å². The van der Waals surface area contributed by atoms with Gasteiger partial charge in [0, 0.05) is 18.3 Å². The maximum atomic E-state index is 5.67. The molecule has 1 fully saturated rings. The molecular weight excluding hydrogens is 476 g/mol. The summed E-state index contributed by atoms with van der Waals surface area (Å²) >= 11 is 0. The van der Waals surface area contributed by atoms with Crippen molar-refractivity contribution in [3.63, 3.8) is 0 Å². The van der Waals surface area contributed by atoms with Crippen LogP contribution in [0.25, 0.3) is 11.1 Å². The van der Waals surface area contributed by atoms with Crippen LogP contribution in [-0.4, -0.2) is 47.1 Å². The number of benzene rings is 3. The summed E-state index contributed by atoms with van der Waals surface area (Å²) in [5.41, 5.74) is 4.61. The summed E-state index contributed by atoms with van der Waals surface area (Å²) in [6.07, 6.45) is 2.25. The molecular formula is C29H37ClN2O4. The first kappa shape index (κ1) is 27.5. The fourth-order valence-corrected chi connectivity index (χ4v) is 4.74. The van der Waals surface area contributed by atoms with Crippen LogP contribution in [0, 0.1) is 0 Å². The van der Waals surface area contributed by atoms with Gasteiger partial charge in [-0.15, -0.1) is 12.4 Å².